The third-order valence-corrected chi connectivity index (χ3v) is 3.28. The lowest BCUT2D eigenvalue weighted by Crippen LogP contribution is -2.33. The minimum absolute atomic E-state index is 0.296. The number of anilines is 1. The van der Waals surface area contributed by atoms with Crippen LogP contribution in [-0.4, -0.2) is 12.0 Å². The summed E-state index contributed by atoms with van der Waals surface area (Å²) in [5.41, 5.74) is 0.140. The van der Waals surface area contributed by atoms with Gasteiger partial charge in [-0.05, 0) is 25.0 Å². The Balaban J connectivity index is 2.17. The molecule has 2 aromatic carbocycles. The average molecular weight is 323 g/mol. The van der Waals surface area contributed by atoms with Crippen LogP contribution in [0.5, 0.6) is 5.75 Å². The number of hydrogen-bond acceptors (Lipinski definition) is 2. The van der Waals surface area contributed by atoms with Crippen LogP contribution < -0.4 is 10.1 Å². The van der Waals surface area contributed by atoms with Crippen molar-refractivity contribution >= 4 is 11.6 Å². The van der Waals surface area contributed by atoms with E-state index >= 15 is 0 Å². The van der Waals surface area contributed by atoms with Gasteiger partial charge in [0, 0.05) is 12.1 Å². The summed E-state index contributed by atoms with van der Waals surface area (Å²) in [6, 6.07) is 8.10. The summed E-state index contributed by atoms with van der Waals surface area (Å²) in [5, 5.41) is 2.12. The minimum Gasteiger partial charge on any atom is -0.480 e. The summed E-state index contributed by atoms with van der Waals surface area (Å²) >= 11 is 0. The molecular formula is C17H16F3NO2. The molecule has 0 unspecified atom stereocenters. The van der Waals surface area contributed by atoms with Crippen molar-refractivity contribution < 1.29 is 22.7 Å². The molecular weight excluding hydrogens is 307 g/mol. The largest absolute Gasteiger partial charge is 0.480 e. The van der Waals surface area contributed by atoms with E-state index in [0.29, 0.717) is 24.3 Å². The zero-order valence-electron chi connectivity index (χ0n) is 12.7. The number of rotatable bonds is 5. The van der Waals surface area contributed by atoms with Crippen LogP contribution in [-0.2, 0) is 4.79 Å². The van der Waals surface area contributed by atoms with E-state index in [-0.39, 0.29) is 0 Å². The first-order chi connectivity index (χ1) is 10.9. The Morgan fingerprint density at radius 2 is 1.78 bits per heavy atom. The monoisotopic (exact) mass is 323 g/mol. The van der Waals surface area contributed by atoms with Gasteiger partial charge in [0.15, 0.2) is 17.7 Å². The van der Waals surface area contributed by atoms with Crippen molar-refractivity contribution in [3.63, 3.8) is 0 Å². The van der Waals surface area contributed by atoms with Gasteiger partial charge in [-0.1, -0.05) is 25.1 Å². The van der Waals surface area contributed by atoms with Gasteiger partial charge in [0.1, 0.15) is 17.3 Å². The molecule has 0 saturated carbocycles. The van der Waals surface area contributed by atoms with Gasteiger partial charge in [-0.25, -0.2) is 13.2 Å². The number of halogens is 3. The molecule has 3 nitrogen and oxygen atoms in total. The maximum Gasteiger partial charge on any atom is 0.265 e. The Morgan fingerprint density at radius 3 is 2.35 bits per heavy atom. The highest BCUT2D eigenvalue weighted by Gasteiger charge is 2.22. The molecule has 2 aromatic rings. The van der Waals surface area contributed by atoms with E-state index in [1.165, 1.54) is 0 Å². The Morgan fingerprint density at radius 1 is 1.17 bits per heavy atom. The lowest BCUT2D eigenvalue weighted by Gasteiger charge is -2.19. The smallest absolute Gasteiger partial charge is 0.265 e. The molecule has 0 spiro atoms. The quantitative estimate of drug-likeness (QED) is 0.895. The van der Waals surface area contributed by atoms with Crippen molar-refractivity contribution in [3.05, 3.63) is 59.4 Å². The van der Waals surface area contributed by atoms with E-state index < -0.39 is 35.2 Å². The summed E-state index contributed by atoms with van der Waals surface area (Å²) < 4.78 is 45.7. The van der Waals surface area contributed by atoms with Crippen LogP contribution in [0.1, 0.15) is 18.9 Å². The number of benzene rings is 2. The Kier molecular flexibility index (Phi) is 5.26. The normalized spacial score (nSPS) is 11.9. The van der Waals surface area contributed by atoms with Gasteiger partial charge < -0.3 is 10.1 Å². The van der Waals surface area contributed by atoms with Gasteiger partial charge in [0.25, 0.3) is 5.91 Å². The lowest BCUT2D eigenvalue weighted by atomic mass is 10.2. The number of carbonyl (C=O) groups is 1. The van der Waals surface area contributed by atoms with Crippen molar-refractivity contribution in [2.75, 3.05) is 5.32 Å². The van der Waals surface area contributed by atoms with Crippen LogP contribution in [0.3, 0.4) is 0 Å². The van der Waals surface area contributed by atoms with Crippen molar-refractivity contribution in [2.45, 2.75) is 26.4 Å². The highest BCUT2D eigenvalue weighted by molar-refractivity contribution is 5.94. The summed E-state index contributed by atoms with van der Waals surface area (Å²) in [7, 11) is 0. The summed E-state index contributed by atoms with van der Waals surface area (Å²) in [5.74, 6) is -3.61. The Labute approximate surface area is 132 Å². The first-order valence-electron chi connectivity index (χ1n) is 7.10. The molecule has 1 amide bonds. The molecule has 0 saturated heterocycles. The Bertz CT molecular complexity index is 696. The van der Waals surface area contributed by atoms with Crippen LogP contribution in [0.2, 0.25) is 0 Å². The molecule has 0 fully saturated rings. The number of aryl methyl sites for hydroxylation is 1. The topological polar surface area (TPSA) is 38.3 Å². The van der Waals surface area contributed by atoms with Crippen molar-refractivity contribution in [3.8, 4) is 5.75 Å². The number of amides is 1. The van der Waals surface area contributed by atoms with E-state index in [1.807, 2.05) is 19.1 Å². The van der Waals surface area contributed by atoms with Crippen molar-refractivity contribution in [1.82, 2.24) is 0 Å². The fourth-order valence-corrected chi connectivity index (χ4v) is 2.03. The first kappa shape index (κ1) is 16.9. The van der Waals surface area contributed by atoms with Crippen LogP contribution in [0, 0.1) is 24.4 Å². The standard InChI is InChI=1S/C17H16F3NO2/c1-3-14(23-15-7-5-4-6-10(15)2)17(22)21-16-12(19)8-11(18)9-13(16)20/h4-9,14H,3H2,1-2H3,(H,21,22)/t14-/m1/s1. The first-order valence-corrected chi connectivity index (χ1v) is 7.10. The molecule has 0 aliphatic rings. The fourth-order valence-electron chi connectivity index (χ4n) is 2.03. The fraction of sp³-hybridized carbons (Fsp3) is 0.235. The summed E-state index contributed by atoms with van der Waals surface area (Å²) in [4.78, 5) is 12.2. The highest BCUT2D eigenvalue weighted by atomic mass is 19.1. The molecule has 0 radical (unpaired) electrons. The van der Waals surface area contributed by atoms with Gasteiger partial charge in [0.2, 0.25) is 0 Å². The van der Waals surface area contributed by atoms with Crippen molar-refractivity contribution in [1.29, 1.82) is 0 Å². The lowest BCUT2D eigenvalue weighted by molar-refractivity contribution is -0.122. The predicted octanol–water partition coefficient (Wildman–Crippen LogP) is 4.21. The molecule has 0 heterocycles. The molecule has 6 heteroatoms. The third-order valence-electron chi connectivity index (χ3n) is 3.28. The van der Waals surface area contributed by atoms with Gasteiger partial charge in [-0.15, -0.1) is 0 Å². The zero-order chi connectivity index (χ0) is 17.0. The molecule has 1 atom stereocenters. The molecule has 0 aliphatic heterocycles. The maximum atomic E-state index is 13.6. The van der Waals surface area contributed by atoms with Gasteiger partial charge in [0.05, 0.1) is 0 Å². The second kappa shape index (κ2) is 7.17. The summed E-state index contributed by atoms with van der Waals surface area (Å²) in [6.45, 7) is 3.53. The summed E-state index contributed by atoms with van der Waals surface area (Å²) in [6.07, 6.45) is -0.634. The molecule has 0 aliphatic carbocycles. The van der Waals surface area contributed by atoms with Gasteiger partial charge >= 0.3 is 0 Å². The van der Waals surface area contributed by atoms with E-state index in [2.05, 4.69) is 5.32 Å². The zero-order valence-corrected chi connectivity index (χ0v) is 12.7. The van der Waals surface area contributed by atoms with Crippen LogP contribution in [0.15, 0.2) is 36.4 Å². The molecule has 1 N–H and O–H groups in total. The predicted molar refractivity (Wildman–Crippen MR) is 80.8 cm³/mol. The number of ether oxygens (including phenoxy) is 1. The van der Waals surface area contributed by atoms with Crippen LogP contribution in [0.25, 0.3) is 0 Å². The number of carbonyl (C=O) groups excluding carboxylic acids is 1. The van der Waals surface area contributed by atoms with E-state index in [4.69, 9.17) is 4.74 Å². The van der Waals surface area contributed by atoms with E-state index in [9.17, 15) is 18.0 Å². The van der Waals surface area contributed by atoms with Crippen molar-refractivity contribution in [2.24, 2.45) is 0 Å². The number of hydrogen-bond donors (Lipinski definition) is 1. The third kappa shape index (κ3) is 4.03. The van der Waals surface area contributed by atoms with Crippen LogP contribution in [0.4, 0.5) is 18.9 Å². The molecule has 122 valence electrons. The van der Waals surface area contributed by atoms with Crippen LogP contribution >= 0.6 is 0 Å². The van der Waals surface area contributed by atoms with Gasteiger partial charge in [-0.3, -0.25) is 4.79 Å². The van der Waals surface area contributed by atoms with E-state index in [0.717, 1.165) is 5.56 Å². The molecule has 23 heavy (non-hydrogen) atoms. The average Bonchev–Trinajstić information content (AvgIpc) is 2.49. The van der Waals surface area contributed by atoms with Gasteiger partial charge in [-0.2, -0.15) is 0 Å². The Hall–Kier alpha value is -2.50. The number of para-hydroxylation sites is 1. The number of nitrogens with one attached hydrogen (secondary N) is 1. The second-order valence-corrected chi connectivity index (χ2v) is 5.01. The molecule has 0 bridgehead atoms. The molecule has 0 aromatic heterocycles. The van der Waals surface area contributed by atoms with E-state index in [1.54, 1.807) is 19.1 Å². The highest BCUT2D eigenvalue weighted by Crippen LogP contribution is 2.22. The SMILES string of the molecule is CC[C@@H](Oc1ccccc1C)C(=O)Nc1c(F)cc(F)cc1F. The molecule has 2 rings (SSSR count). The maximum absolute atomic E-state index is 13.6. The minimum atomic E-state index is -1.18. The second-order valence-electron chi connectivity index (χ2n) is 5.01.